The Kier molecular flexibility index (Phi) is 5.43. The lowest BCUT2D eigenvalue weighted by Crippen LogP contribution is -2.13. The number of anilines is 4. The summed E-state index contributed by atoms with van der Waals surface area (Å²) in [6.45, 7) is 0. The van der Waals surface area contributed by atoms with E-state index in [1.165, 1.54) is 12.1 Å². The number of hydrogen-bond acceptors (Lipinski definition) is 6. The van der Waals surface area contributed by atoms with Gasteiger partial charge in [0.25, 0.3) is 0 Å². The quantitative estimate of drug-likeness (QED) is 0.673. The highest BCUT2D eigenvalue weighted by atomic mass is 32.2. The third kappa shape index (κ3) is 6.16. The molecule has 0 atom stereocenters. The number of methoxy groups -OCH3 is 1. The molecule has 0 aliphatic carbocycles. The molecule has 0 fully saturated rings. The first-order valence-corrected chi connectivity index (χ1v) is 10.8. The molecule has 10 heteroatoms. The molecule has 0 aromatic heterocycles. The van der Waals surface area contributed by atoms with Crippen LogP contribution in [0, 0.1) is 0 Å². The topological polar surface area (TPSA) is 114 Å². The van der Waals surface area contributed by atoms with E-state index in [9.17, 15) is 16.8 Å². The van der Waals surface area contributed by atoms with Crippen molar-refractivity contribution in [2.24, 2.45) is 0 Å². The Morgan fingerprint density at radius 2 is 1.32 bits per heavy atom. The van der Waals surface area contributed by atoms with Gasteiger partial charge in [0.15, 0.2) is 0 Å². The Labute approximate surface area is 147 Å². The zero-order valence-electron chi connectivity index (χ0n) is 13.9. The lowest BCUT2D eigenvalue weighted by Gasteiger charge is -2.15. The number of nitrogens with one attached hydrogen (secondary N) is 3. The van der Waals surface area contributed by atoms with Crippen LogP contribution < -0.4 is 19.5 Å². The Balaban J connectivity index is 2.37. The first-order chi connectivity index (χ1) is 11.6. The predicted octanol–water partition coefficient (Wildman–Crippen LogP) is 2.18. The lowest BCUT2D eigenvalue weighted by molar-refractivity contribution is 0.415. The summed E-state index contributed by atoms with van der Waals surface area (Å²) in [6.07, 6.45) is 2.03. The minimum Gasteiger partial charge on any atom is -0.497 e. The molecule has 0 saturated heterocycles. The highest BCUT2D eigenvalue weighted by Crippen LogP contribution is 2.30. The summed E-state index contributed by atoms with van der Waals surface area (Å²) in [4.78, 5) is 0. The molecule has 2 aromatic rings. The largest absolute Gasteiger partial charge is 0.497 e. The third-order valence-electron chi connectivity index (χ3n) is 2.99. The van der Waals surface area contributed by atoms with E-state index in [-0.39, 0.29) is 11.4 Å². The van der Waals surface area contributed by atoms with E-state index in [0.717, 1.165) is 12.5 Å². The van der Waals surface area contributed by atoms with Gasteiger partial charge in [-0.25, -0.2) is 16.8 Å². The number of ether oxygens (including phenoxy) is 1. The molecule has 0 amide bonds. The lowest BCUT2D eigenvalue weighted by atomic mass is 10.2. The van der Waals surface area contributed by atoms with Gasteiger partial charge < -0.3 is 10.1 Å². The Morgan fingerprint density at radius 1 is 0.760 bits per heavy atom. The molecule has 0 bridgehead atoms. The molecular formula is C15H19N3O5S2. The van der Waals surface area contributed by atoms with Crippen LogP contribution in [0.3, 0.4) is 0 Å². The summed E-state index contributed by atoms with van der Waals surface area (Å²) in [6, 6.07) is 11.5. The molecule has 0 aliphatic heterocycles. The third-order valence-corrected chi connectivity index (χ3v) is 4.18. The number of rotatable bonds is 7. The van der Waals surface area contributed by atoms with Crippen LogP contribution in [0.4, 0.5) is 22.7 Å². The predicted molar refractivity (Wildman–Crippen MR) is 99.7 cm³/mol. The van der Waals surface area contributed by atoms with Crippen LogP contribution in [0.1, 0.15) is 0 Å². The summed E-state index contributed by atoms with van der Waals surface area (Å²) in [5.74, 6) is 0.688. The monoisotopic (exact) mass is 385 g/mol. The fourth-order valence-corrected chi connectivity index (χ4v) is 3.17. The van der Waals surface area contributed by atoms with Crippen LogP contribution in [-0.4, -0.2) is 36.5 Å². The molecule has 3 N–H and O–H groups in total. The Bertz CT molecular complexity index is 955. The first kappa shape index (κ1) is 18.9. The van der Waals surface area contributed by atoms with Gasteiger partial charge in [-0.2, -0.15) is 0 Å². The average molecular weight is 385 g/mol. The van der Waals surface area contributed by atoms with Gasteiger partial charge in [0.05, 0.1) is 36.7 Å². The smallest absolute Gasteiger partial charge is 0.229 e. The second-order valence-corrected chi connectivity index (χ2v) is 8.86. The summed E-state index contributed by atoms with van der Waals surface area (Å²) in [5, 5.41) is 3.08. The molecule has 0 radical (unpaired) electrons. The number of sulfonamides is 2. The maximum absolute atomic E-state index is 11.6. The van der Waals surface area contributed by atoms with Crippen molar-refractivity contribution < 1.29 is 21.6 Å². The van der Waals surface area contributed by atoms with Crippen molar-refractivity contribution >= 4 is 42.8 Å². The van der Waals surface area contributed by atoms with Crippen LogP contribution in [-0.2, 0) is 20.0 Å². The van der Waals surface area contributed by atoms with E-state index in [1.807, 2.05) is 0 Å². The minimum absolute atomic E-state index is 0.215. The fraction of sp³-hybridized carbons (Fsp3) is 0.200. The van der Waals surface area contributed by atoms with Gasteiger partial charge in [0.2, 0.25) is 20.0 Å². The van der Waals surface area contributed by atoms with E-state index >= 15 is 0 Å². The van der Waals surface area contributed by atoms with Crippen molar-refractivity contribution in [2.45, 2.75) is 0 Å². The number of hydrogen-bond donors (Lipinski definition) is 3. The standard InChI is InChI=1S/C15H19N3O5S2/c1-23-13-7-4-11(5-8-13)16-14-9-6-12(17-24(2,19)20)10-15(14)18-25(3,21)22/h4-10,16-18H,1-3H3. The zero-order valence-corrected chi connectivity index (χ0v) is 15.5. The maximum Gasteiger partial charge on any atom is 0.229 e. The van der Waals surface area contributed by atoms with Crippen LogP contribution in [0.25, 0.3) is 0 Å². The van der Waals surface area contributed by atoms with Crippen molar-refractivity contribution in [3.05, 3.63) is 42.5 Å². The highest BCUT2D eigenvalue weighted by molar-refractivity contribution is 7.92. The van der Waals surface area contributed by atoms with Crippen molar-refractivity contribution in [3.8, 4) is 5.75 Å². The van der Waals surface area contributed by atoms with E-state index in [1.54, 1.807) is 37.4 Å². The molecule has 0 unspecified atom stereocenters. The van der Waals surface area contributed by atoms with Crippen molar-refractivity contribution in [2.75, 3.05) is 34.4 Å². The van der Waals surface area contributed by atoms with Crippen molar-refractivity contribution in [1.29, 1.82) is 0 Å². The van der Waals surface area contributed by atoms with Crippen LogP contribution in [0.15, 0.2) is 42.5 Å². The van der Waals surface area contributed by atoms with Crippen molar-refractivity contribution in [3.63, 3.8) is 0 Å². The Morgan fingerprint density at radius 3 is 1.84 bits per heavy atom. The number of benzene rings is 2. The SMILES string of the molecule is COc1ccc(Nc2ccc(NS(C)(=O)=O)cc2NS(C)(=O)=O)cc1. The molecule has 0 saturated carbocycles. The summed E-state index contributed by atoms with van der Waals surface area (Å²) in [7, 11) is -5.47. The van der Waals surface area contributed by atoms with Gasteiger partial charge in [-0.3, -0.25) is 9.44 Å². The second kappa shape index (κ2) is 7.19. The van der Waals surface area contributed by atoms with Crippen LogP contribution in [0.5, 0.6) is 5.75 Å². The summed E-state index contributed by atoms with van der Waals surface area (Å²) >= 11 is 0. The molecule has 2 rings (SSSR count). The van der Waals surface area contributed by atoms with Gasteiger partial charge in [-0.1, -0.05) is 0 Å². The van der Waals surface area contributed by atoms with Gasteiger partial charge in [0.1, 0.15) is 5.75 Å². The molecule has 2 aromatic carbocycles. The van der Waals surface area contributed by atoms with Gasteiger partial charge >= 0.3 is 0 Å². The Hall–Kier alpha value is -2.46. The molecule has 25 heavy (non-hydrogen) atoms. The van der Waals surface area contributed by atoms with Crippen LogP contribution in [0.2, 0.25) is 0 Å². The zero-order chi connectivity index (χ0) is 18.7. The normalized spacial score (nSPS) is 11.6. The molecule has 0 spiro atoms. The molecule has 8 nitrogen and oxygen atoms in total. The maximum atomic E-state index is 11.6. The van der Waals surface area contributed by atoms with E-state index in [4.69, 9.17) is 4.74 Å². The summed E-state index contributed by atoms with van der Waals surface area (Å²) in [5.41, 5.74) is 1.64. The van der Waals surface area contributed by atoms with Gasteiger partial charge in [-0.15, -0.1) is 0 Å². The first-order valence-electron chi connectivity index (χ1n) is 7.06. The van der Waals surface area contributed by atoms with Gasteiger partial charge in [-0.05, 0) is 42.5 Å². The van der Waals surface area contributed by atoms with E-state index in [0.29, 0.717) is 17.1 Å². The molecular weight excluding hydrogens is 366 g/mol. The molecule has 136 valence electrons. The average Bonchev–Trinajstić information content (AvgIpc) is 2.47. The van der Waals surface area contributed by atoms with Gasteiger partial charge in [0, 0.05) is 5.69 Å². The van der Waals surface area contributed by atoms with Crippen molar-refractivity contribution in [1.82, 2.24) is 0 Å². The fourth-order valence-electron chi connectivity index (χ4n) is 2.04. The molecule has 0 aliphatic rings. The second-order valence-electron chi connectivity index (χ2n) is 5.36. The van der Waals surface area contributed by atoms with E-state index < -0.39 is 20.0 Å². The van der Waals surface area contributed by atoms with Crippen LogP contribution >= 0.6 is 0 Å². The highest BCUT2D eigenvalue weighted by Gasteiger charge is 2.11. The molecule has 0 heterocycles. The van der Waals surface area contributed by atoms with E-state index in [2.05, 4.69) is 14.8 Å². The summed E-state index contributed by atoms with van der Waals surface area (Å²) < 4.78 is 55.7. The minimum atomic E-state index is -3.55.